The Morgan fingerprint density at radius 2 is 1.80 bits per heavy atom. The number of nitrogens with one attached hydrogen (secondary N) is 1. The maximum Gasteiger partial charge on any atom is 0.335 e. The molecule has 0 atom stereocenters. The molecular weight excluding hydrogens is 468 g/mol. The first-order valence-corrected chi connectivity index (χ1v) is 11.4. The number of benzene rings is 3. The molecule has 6 rings (SSSR count). The van der Waals surface area contributed by atoms with Crippen molar-refractivity contribution in [2.45, 2.75) is 24.9 Å². The van der Waals surface area contributed by atoms with Gasteiger partial charge in [0, 0.05) is 10.4 Å². The largest absolute Gasteiger partial charge is 0.478 e. The lowest BCUT2D eigenvalue weighted by atomic mass is 10.0. The molecule has 1 saturated carbocycles. The van der Waals surface area contributed by atoms with Crippen LogP contribution in [0.15, 0.2) is 71.5 Å². The molecule has 0 unspecified atom stereocenters. The fourth-order valence-corrected chi connectivity index (χ4v) is 4.63. The first-order valence-electron chi connectivity index (χ1n) is 11.1. The summed E-state index contributed by atoms with van der Waals surface area (Å²) in [6.07, 6.45) is 4.88. The number of hydrogen-bond acceptors (Lipinski definition) is 5. The van der Waals surface area contributed by atoms with Crippen LogP contribution >= 0.6 is 11.6 Å². The van der Waals surface area contributed by atoms with Crippen LogP contribution in [-0.2, 0) is 12.1 Å². The maximum absolute atomic E-state index is 13.6. The van der Waals surface area contributed by atoms with Crippen molar-refractivity contribution in [3.8, 4) is 0 Å². The first kappa shape index (κ1) is 21.4. The third-order valence-electron chi connectivity index (χ3n) is 6.54. The Morgan fingerprint density at radius 3 is 2.49 bits per heavy atom. The Morgan fingerprint density at radius 1 is 1.06 bits per heavy atom. The Bertz CT molecular complexity index is 1600. The Balaban J connectivity index is 1.39. The molecular formula is C26H19ClN4O4. The van der Waals surface area contributed by atoms with E-state index in [4.69, 9.17) is 16.1 Å². The highest BCUT2D eigenvalue weighted by molar-refractivity contribution is 6.30. The van der Waals surface area contributed by atoms with Crippen molar-refractivity contribution in [3.63, 3.8) is 0 Å². The summed E-state index contributed by atoms with van der Waals surface area (Å²) in [6.45, 7) is 0.458. The van der Waals surface area contributed by atoms with E-state index < -0.39 is 11.5 Å². The van der Waals surface area contributed by atoms with Gasteiger partial charge in [0.1, 0.15) is 0 Å². The molecule has 0 saturated heterocycles. The Labute approximate surface area is 204 Å². The molecule has 35 heavy (non-hydrogen) atoms. The third kappa shape index (κ3) is 3.72. The summed E-state index contributed by atoms with van der Waals surface area (Å²) in [5.74, 6) is -1.24. The summed E-state index contributed by atoms with van der Waals surface area (Å²) in [4.78, 5) is 24.9. The number of amides is 1. The van der Waals surface area contributed by atoms with E-state index in [2.05, 4.69) is 15.6 Å². The molecule has 2 heterocycles. The normalized spacial score (nSPS) is 14.3. The number of aromatic carboxylic acids is 1. The zero-order valence-electron chi connectivity index (χ0n) is 18.4. The predicted octanol–water partition coefficient (Wildman–Crippen LogP) is 5.00. The van der Waals surface area contributed by atoms with Gasteiger partial charge < -0.3 is 14.9 Å². The van der Waals surface area contributed by atoms with Gasteiger partial charge in [-0.3, -0.25) is 9.48 Å². The fraction of sp³-hybridized carbons (Fsp3) is 0.154. The Hall–Kier alpha value is -4.17. The molecule has 2 N–H and O–H groups in total. The third-order valence-corrected chi connectivity index (χ3v) is 6.79. The summed E-state index contributed by atoms with van der Waals surface area (Å²) in [6, 6.07) is 15.8. The van der Waals surface area contributed by atoms with Gasteiger partial charge in [-0.05, 0) is 54.3 Å². The van der Waals surface area contributed by atoms with Gasteiger partial charge in [0.05, 0.1) is 46.5 Å². The number of carboxylic acids is 1. The minimum Gasteiger partial charge on any atom is -0.478 e. The molecule has 1 amide bonds. The lowest BCUT2D eigenvalue weighted by Gasteiger charge is -2.19. The monoisotopic (exact) mass is 486 g/mol. The summed E-state index contributed by atoms with van der Waals surface area (Å²) < 4.78 is 7.18. The number of fused-ring (bicyclic) bond motifs is 3. The fourth-order valence-electron chi connectivity index (χ4n) is 4.50. The van der Waals surface area contributed by atoms with Crippen LogP contribution < -0.4 is 5.32 Å². The minimum absolute atomic E-state index is 0.208. The molecule has 1 aliphatic rings. The molecule has 0 radical (unpaired) electrons. The van der Waals surface area contributed by atoms with Crippen LogP contribution in [0.3, 0.4) is 0 Å². The molecule has 2 aromatic heterocycles. The van der Waals surface area contributed by atoms with Gasteiger partial charge >= 0.3 is 5.97 Å². The molecule has 0 aliphatic heterocycles. The average Bonchev–Trinajstić information content (AvgIpc) is 3.28. The summed E-state index contributed by atoms with van der Waals surface area (Å²) in [5, 5.41) is 23.0. The zero-order chi connectivity index (χ0) is 24.2. The highest BCUT2D eigenvalue weighted by Gasteiger charge is 2.46. The predicted molar refractivity (Wildman–Crippen MR) is 130 cm³/mol. The topological polar surface area (TPSA) is 110 Å². The highest BCUT2D eigenvalue weighted by atomic mass is 35.5. The van der Waals surface area contributed by atoms with E-state index >= 15 is 0 Å². The quantitative estimate of drug-likeness (QED) is 0.349. The molecule has 9 heteroatoms. The van der Waals surface area contributed by atoms with Crippen LogP contribution in [0.25, 0.3) is 21.9 Å². The van der Waals surface area contributed by atoms with Gasteiger partial charge in [-0.25, -0.2) is 4.79 Å². The van der Waals surface area contributed by atoms with E-state index in [1.165, 1.54) is 0 Å². The average molecular weight is 487 g/mol. The summed E-state index contributed by atoms with van der Waals surface area (Å²) in [7, 11) is 0. The molecule has 0 bridgehead atoms. The highest BCUT2D eigenvalue weighted by Crippen LogP contribution is 2.46. The van der Waals surface area contributed by atoms with Crippen LogP contribution in [0.2, 0.25) is 5.02 Å². The number of carboxylic acid groups (broad SMARTS) is 1. The second-order valence-corrected chi connectivity index (χ2v) is 9.21. The van der Waals surface area contributed by atoms with Crippen molar-refractivity contribution in [2.24, 2.45) is 0 Å². The van der Waals surface area contributed by atoms with E-state index in [9.17, 15) is 14.7 Å². The molecule has 0 spiro atoms. The second kappa shape index (κ2) is 7.95. The second-order valence-electron chi connectivity index (χ2n) is 8.77. The van der Waals surface area contributed by atoms with E-state index in [-0.39, 0.29) is 11.5 Å². The molecule has 174 valence electrons. The van der Waals surface area contributed by atoms with E-state index in [0.29, 0.717) is 28.2 Å². The van der Waals surface area contributed by atoms with Crippen molar-refractivity contribution in [3.05, 3.63) is 94.3 Å². The lowest BCUT2D eigenvalue weighted by Crippen LogP contribution is -2.35. The van der Waals surface area contributed by atoms with Crippen molar-refractivity contribution in [2.75, 3.05) is 0 Å². The molecule has 1 fully saturated rings. The van der Waals surface area contributed by atoms with E-state index in [0.717, 1.165) is 34.7 Å². The number of rotatable bonds is 6. The van der Waals surface area contributed by atoms with Crippen LogP contribution in [0, 0.1) is 0 Å². The zero-order valence-corrected chi connectivity index (χ0v) is 19.1. The first-order chi connectivity index (χ1) is 16.9. The SMILES string of the molecule is O=C(O)c1ccc(C2(NC(=O)c3cc4oncc4c4cnn(Cc5ccc(Cl)cc5)c34)CC2)cc1. The Kier molecular flexibility index (Phi) is 4.86. The standard InChI is InChI=1S/C26H19ClN4O4/c27-18-7-1-15(2-8-18)14-31-23-19(11-22-20(13-29-35-22)21(23)12-28-31)24(32)30-26(9-10-26)17-5-3-16(4-6-17)25(33)34/h1-8,11-13H,9-10,14H2,(H,30,32)(H,33,34). The number of halogens is 1. The van der Waals surface area contributed by atoms with E-state index in [1.807, 2.05) is 24.3 Å². The number of aromatic nitrogens is 3. The lowest BCUT2D eigenvalue weighted by molar-refractivity contribution is 0.0696. The molecule has 5 aromatic rings. The maximum atomic E-state index is 13.6. The van der Waals surface area contributed by atoms with Crippen molar-refractivity contribution >= 4 is 45.3 Å². The van der Waals surface area contributed by atoms with Crippen LogP contribution in [-0.4, -0.2) is 31.9 Å². The minimum atomic E-state index is -0.984. The molecule has 8 nitrogen and oxygen atoms in total. The van der Waals surface area contributed by atoms with Gasteiger partial charge in [0.25, 0.3) is 5.91 Å². The smallest absolute Gasteiger partial charge is 0.335 e. The van der Waals surface area contributed by atoms with Crippen LogP contribution in [0.5, 0.6) is 0 Å². The molecule has 3 aromatic carbocycles. The van der Waals surface area contributed by atoms with Gasteiger partial charge in [0.15, 0.2) is 5.58 Å². The van der Waals surface area contributed by atoms with E-state index in [1.54, 1.807) is 47.4 Å². The van der Waals surface area contributed by atoms with Crippen LogP contribution in [0.4, 0.5) is 0 Å². The number of carbonyl (C=O) groups excluding carboxylic acids is 1. The summed E-state index contributed by atoms with van der Waals surface area (Å²) >= 11 is 6.03. The van der Waals surface area contributed by atoms with Crippen molar-refractivity contribution in [1.82, 2.24) is 20.3 Å². The van der Waals surface area contributed by atoms with Crippen LogP contribution in [0.1, 0.15) is 44.7 Å². The van der Waals surface area contributed by atoms with Crippen molar-refractivity contribution in [1.29, 1.82) is 0 Å². The molecule has 1 aliphatic carbocycles. The van der Waals surface area contributed by atoms with Crippen molar-refractivity contribution < 1.29 is 19.2 Å². The van der Waals surface area contributed by atoms with Gasteiger partial charge in [0.2, 0.25) is 0 Å². The number of carbonyl (C=O) groups is 2. The summed E-state index contributed by atoms with van der Waals surface area (Å²) in [5.41, 5.74) is 3.17. The number of hydrogen-bond donors (Lipinski definition) is 2. The van der Waals surface area contributed by atoms with Gasteiger partial charge in [-0.15, -0.1) is 0 Å². The van der Waals surface area contributed by atoms with Gasteiger partial charge in [-0.1, -0.05) is 41.0 Å². The van der Waals surface area contributed by atoms with Gasteiger partial charge in [-0.2, -0.15) is 5.10 Å². The number of nitrogens with zero attached hydrogens (tertiary/aromatic N) is 3.